The minimum Gasteiger partial charge on any atom is -0.465 e. The lowest BCUT2D eigenvalue weighted by molar-refractivity contribution is -0.155. The predicted molar refractivity (Wildman–Crippen MR) is 171 cm³/mol. The van der Waals surface area contributed by atoms with E-state index >= 15 is 0 Å². The zero-order valence-electron chi connectivity index (χ0n) is 25.5. The number of halogens is 1. The standard InChI is InChI=1S/C33H46BrN3O6/c1-5-9-10-13-21-42-32(41)26-27-30(39)37(19-11-12-20-38)29(33(27)22-25(34)28(26)43-33)31(40)36(18-6-2)24-16-14-23(15-17-24)35(7-3)8-4/h5-6,14-17,25-29,38H,1-2,7-13,18-22H2,3-4H3/t25?,26-,27+,28-,29?,33?/m1/s1. The van der Waals surface area contributed by atoms with Crippen molar-refractivity contribution in [3.8, 4) is 0 Å². The van der Waals surface area contributed by atoms with E-state index in [1.165, 1.54) is 0 Å². The predicted octanol–water partition coefficient (Wildman–Crippen LogP) is 4.47. The number of alkyl halides is 1. The first kappa shape index (κ1) is 33.2. The van der Waals surface area contributed by atoms with Crippen LogP contribution < -0.4 is 9.80 Å². The molecule has 3 fully saturated rings. The molecule has 3 saturated heterocycles. The topological polar surface area (TPSA) is 99.6 Å². The Bertz CT molecular complexity index is 1160. The Morgan fingerprint density at radius 2 is 1.81 bits per heavy atom. The summed E-state index contributed by atoms with van der Waals surface area (Å²) in [5.41, 5.74) is 0.590. The van der Waals surface area contributed by atoms with Crippen LogP contribution in [-0.4, -0.2) is 89.8 Å². The highest BCUT2D eigenvalue weighted by Crippen LogP contribution is 2.60. The highest BCUT2D eigenvalue weighted by molar-refractivity contribution is 9.09. The Kier molecular flexibility index (Phi) is 11.5. The van der Waals surface area contributed by atoms with Gasteiger partial charge in [-0.2, -0.15) is 0 Å². The van der Waals surface area contributed by atoms with Crippen LogP contribution in [0.3, 0.4) is 0 Å². The summed E-state index contributed by atoms with van der Waals surface area (Å²) in [4.78, 5) is 47.6. The van der Waals surface area contributed by atoms with E-state index in [4.69, 9.17) is 9.47 Å². The molecular weight excluding hydrogens is 614 g/mol. The first-order chi connectivity index (χ1) is 20.8. The summed E-state index contributed by atoms with van der Waals surface area (Å²) >= 11 is 3.71. The Morgan fingerprint density at radius 1 is 1.12 bits per heavy atom. The third-order valence-corrected chi connectivity index (χ3v) is 9.86. The number of esters is 1. The van der Waals surface area contributed by atoms with E-state index in [1.807, 2.05) is 30.3 Å². The van der Waals surface area contributed by atoms with Crippen molar-refractivity contribution in [2.45, 2.75) is 74.9 Å². The zero-order chi connectivity index (χ0) is 31.1. The van der Waals surface area contributed by atoms with E-state index in [-0.39, 0.29) is 42.9 Å². The molecule has 10 heteroatoms. The summed E-state index contributed by atoms with van der Waals surface area (Å²) in [6.07, 6.45) is 6.78. The number of hydrogen-bond acceptors (Lipinski definition) is 7. The minimum absolute atomic E-state index is 0.0143. The Morgan fingerprint density at radius 3 is 2.44 bits per heavy atom. The van der Waals surface area contributed by atoms with Crippen LogP contribution in [0.4, 0.5) is 11.4 Å². The number of amides is 2. The molecule has 2 amide bonds. The molecule has 0 aromatic heterocycles. The first-order valence-electron chi connectivity index (χ1n) is 15.6. The molecule has 1 aromatic rings. The quantitative estimate of drug-likeness (QED) is 0.114. The lowest BCUT2D eigenvalue weighted by Gasteiger charge is -2.37. The lowest BCUT2D eigenvalue weighted by Crippen LogP contribution is -2.57. The molecule has 9 nitrogen and oxygen atoms in total. The van der Waals surface area contributed by atoms with Crippen LogP contribution in [0.5, 0.6) is 0 Å². The second-order valence-electron chi connectivity index (χ2n) is 11.5. The number of allylic oxidation sites excluding steroid dienone is 1. The Labute approximate surface area is 264 Å². The van der Waals surface area contributed by atoms with Gasteiger partial charge in [0, 0.05) is 49.0 Å². The number of nitrogens with zero attached hydrogens (tertiary/aromatic N) is 3. The maximum Gasteiger partial charge on any atom is 0.312 e. The van der Waals surface area contributed by atoms with Gasteiger partial charge in [-0.3, -0.25) is 14.4 Å². The SMILES string of the molecule is C=CCCCCOC(=O)[C@H]1[C@@H]2OC3(CC2Br)C(C(=O)N(CC=C)c2ccc(N(CC)CC)cc2)N(CCCCO)C(=O)[C@H]13. The van der Waals surface area contributed by atoms with Gasteiger partial charge in [-0.05, 0) is 76.6 Å². The molecule has 1 spiro atoms. The number of benzene rings is 1. The van der Waals surface area contributed by atoms with Crippen LogP contribution in [0.25, 0.3) is 0 Å². The van der Waals surface area contributed by atoms with Crippen LogP contribution >= 0.6 is 15.9 Å². The number of hydrogen-bond donors (Lipinski definition) is 1. The van der Waals surface area contributed by atoms with Gasteiger partial charge >= 0.3 is 5.97 Å². The molecule has 2 bridgehead atoms. The highest BCUT2D eigenvalue weighted by atomic mass is 79.9. The molecule has 1 N–H and O–H groups in total. The largest absolute Gasteiger partial charge is 0.465 e. The molecule has 3 aliphatic heterocycles. The zero-order valence-corrected chi connectivity index (χ0v) is 27.0. The average molecular weight is 661 g/mol. The third kappa shape index (κ3) is 6.42. The van der Waals surface area contributed by atoms with Crippen molar-refractivity contribution in [1.82, 2.24) is 4.90 Å². The van der Waals surface area contributed by atoms with Gasteiger partial charge in [-0.1, -0.05) is 28.1 Å². The van der Waals surface area contributed by atoms with Crippen molar-refractivity contribution in [2.75, 3.05) is 49.2 Å². The van der Waals surface area contributed by atoms with Gasteiger partial charge in [0.05, 0.1) is 24.5 Å². The Balaban J connectivity index is 1.67. The van der Waals surface area contributed by atoms with Gasteiger partial charge in [0.25, 0.3) is 5.91 Å². The number of fused-ring (bicyclic) bond motifs is 1. The van der Waals surface area contributed by atoms with Crippen molar-refractivity contribution < 1.29 is 29.0 Å². The fourth-order valence-electron chi connectivity index (χ4n) is 7.00. The number of likely N-dealkylation sites (tertiary alicyclic amines) is 1. The molecular formula is C33H46BrN3O6. The molecule has 1 aromatic carbocycles. The number of anilines is 2. The molecule has 0 saturated carbocycles. The molecule has 6 atom stereocenters. The monoisotopic (exact) mass is 659 g/mol. The summed E-state index contributed by atoms with van der Waals surface area (Å²) in [5, 5.41) is 9.45. The van der Waals surface area contributed by atoms with Gasteiger partial charge in [-0.15, -0.1) is 13.2 Å². The smallest absolute Gasteiger partial charge is 0.312 e. The number of aliphatic hydroxyl groups is 1. The van der Waals surface area contributed by atoms with Gasteiger partial charge in [0.1, 0.15) is 11.6 Å². The normalized spacial score (nSPS) is 27.2. The summed E-state index contributed by atoms with van der Waals surface area (Å²) < 4.78 is 12.3. The van der Waals surface area contributed by atoms with Crippen LogP contribution in [0, 0.1) is 11.8 Å². The number of carbonyl (C=O) groups excluding carboxylic acids is 3. The molecule has 0 radical (unpaired) electrons. The summed E-state index contributed by atoms with van der Waals surface area (Å²) in [7, 11) is 0. The van der Waals surface area contributed by atoms with Crippen molar-refractivity contribution in [3.05, 3.63) is 49.6 Å². The fraction of sp³-hybridized carbons (Fsp3) is 0.606. The van der Waals surface area contributed by atoms with E-state index in [1.54, 1.807) is 15.9 Å². The average Bonchev–Trinajstić information content (AvgIpc) is 3.60. The van der Waals surface area contributed by atoms with Crippen LogP contribution in [0.15, 0.2) is 49.6 Å². The number of unbranched alkanes of at least 4 members (excludes halogenated alkanes) is 3. The van der Waals surface area contributed by atoms with Gasteiger partial charge < -0.3 is 29.3 Å². The molecule has 3 unspecified atom stereocenters. The summed E-state index contributed by atoms with van der Waals surface area (Å²) in [6, 6.07) is 6.91. The van der Waals surface area contributed by atoms with Crippen molar-refractivity contribution in [1.29, 1.82) is 0 Å². The summed E-state index contributed by atoms with van der Waals surface area (Å²) in [6.45, 7) is 14.3. The third-order valence-electron chi connectivity index (χ3n) is 9.02. The molecule has 4 rings (SSSR count). The van der Waals surface area contributed by atoms with E-state index in [0.29, 0.717) is 31.4 Å². The molecule has 236 valence electrons. The second-order valence-corrected chi connectivity index (χ2v) is 12.7. The van der Waals surface area contributed by atoms with Crippen molar-refractivity contribution >= 4 is 45.1 Å². The van der Waals surface area contributed by atoms with E-state index in [0.717, 1.165) is 31.6 Å². The minimum atomic E-state index is -1.17. The van der Waals surface area contributed by atoms with Gasteiger partial charge in [0.15, 0.2) is 0 Å². The fourth-order valence-corrected chi connectivity index (χ4v) is 7.95. The van der Waals surface area contributed by atoms with E-state index in [2.05, 4.69) is 47.8 Å². The van der Waals surface area contributed by atoms with Crippen LogP contribution in [0.1, 0.15) is 52.4 Å². The maximum absolute atomic E-state index is 14.6. The number of ether oxygens (including phenoxy) is 2. The van der Waals surface area contributed by atoms with Crippen molar-refractivity contribution in [2.24, 2.45) is 11.8 Å². The van der Waals surface area contributed by atoms with E-state index in [9.17, 15) is 19.5 Å². The second kappa shape index (κ2) is 14.9. The lowest BCUT2D eigenvalue weighted by atomic mass is 9.70. The molecule has 3 heterocycles. The van der Waals surface area contributed by atoms with E-state index < -0.39 is 35.6 Å². The van der Waals surface area contributed by atoms with Gasteiger partial charge in [-0.25, -0.2) is 0 Å². The molecule has 0 aliphatic carbocycles. The highest BCUT2D eigenvalue weighted by Gasteiger charge is 2.77. The van der Waals surface area contributed by atoms with Crippen LogP contribution in [-0.2, 0) is 23.9 Å². The maximum atomic E-state index is 14.6. The summed E-state index contributed by atoms with van der Waals surface area (Å²) in [5.74, 6) is -2.60. The van der Waals surface area contributed by atoms with Crippen LogP contribution in [0.2, 0.25) is 0 Å². The first-order valence-corrected chi connectivity index (χ1v) is 16.5. The molecule has 3 aliphatic rings. The number of carbonyl (C=O) groups is 3. The van der Waals surface area contributed by atoms with Gasteiger partial charge in [0.2, 0.25) is 5.91 Å². The molecule has 43 heavy (non-hydrogen) atoms. The van der Waals surface area contributed by atoms with Crippen molar-refractivity contribution in [3.63, 3.8) is 0 Å². The number of rotatable bonds is 17. The number of aliphatic hydroxyl groups excluding tert-OH is 1. The Hall–Kier alpha value is -2.69.